The molecule has 1 spiro atoms. The fourth-order valence-electron chi connectivity index (χ4n) is 5.09. The first-order valence-electron chi connectivity index (χ1n) is 11.8. The minimum absolute atomic E-state index is 0.0473. The molecular formula is C25H31N5O2. The van der Waals surface area contributed by atoms with Crippen molar-refractivity contribution >= 4 is 23.2 Å². The number of nitrogens with zero attached hydrogens (tertiary/aromatic N) is 3. The summed E-state index contributed by atoms with van der Waals surface area (Å²) in [6, 6.07) is 11.8. The Morgan fingerprint density at radius 2 is 2.03 bits per heavy atom. The number of piperidine rings is 1. The van der Waals surface area contributed by atoms with Gasteiger partial charge in [0, 0.05) is 18.3 Å². The van der Waals surface area contributed by atoms with Gasteiger partial charge in [0.15, 0.2) is 5.82 Å². The molecule has 5 rings (SSSR count). The number of anilines is 2. The van der Waals surface area contributed by atoms with Gasteiger partial charge in [0.25, 0.3) is 5.91 Å². The molecule has 168 valence electrons. The number of carbonyl (C=O) groups excluding carboxylic acids is 1. The van der Waals surface area contributed by atoms with Gasteiger partial charge in [0.1, 0.15) is 17.1 Å². The molecule has 1 aromatic heterocycles. The van der Waals surface area contributed by atoms with Crippen LogP contribution < -0.4 is 15.4 Å². The number of amides is 1. The molecule has 0 unspecified atom stereocenters. The average Bonchev–Trinajstić information content (AvgIpc) is 3.33. The Balaban J connectivity index is 1.43. The maximum atomic E-state index is 13.4. The molecule has 1 aliphatic carbocycles. The lowest BCUT2D eigenvalue weighted by Gasteiger charge is -2.47. The highest BCUT2D eigenvalue weighted by atomic mass is 16.5. The van der Waals surface area contributed by atoms with E-state index in [1.807, 2.05) is 48.2 Å². The van der Waals surface area contributed by atoms with Gasteiger partial charge in [-0.2, -0.15) is 0 Å². The molecule has 1 atom stereocenters. The summed E-state index contributed by atoms with van der Waals surface area (Å²) in [5.74, 6) is 2.57. The zero-order valence-corrected chi connectivity index (χ0v) is 18.6. The van der Waals surface area contributed by atoms with Crippen molar-refractivity contribution in [2.24, 2.45) is 4.99 Å². The summed E-state index contributed by atoms with van der Waals surface area (Å²) >= 11 is 0. The molecule has 2 N–H and O–H groups in total. The predicted molar refractivity (Wildman–Crippen MR) is 127 cm³/mol. The Bertz CT molecular complexity index is 1000. The molecule has 32 heavy (non-hydrogen) atoms. The van der Waals surface area contributed by atoms with Gasteiger partial charge in [-0.05, 0) is 69.0 Å². The maximum absolute atomic E-state index is 13.4. The van der Waals surface area contributed by atoms with Crippen LogP contribution in [0.15, 0.2) is 47.6 Å². The summed E-state index contributed by atoms with van der Waals surface area (Å²) in [5.41, 5.74) is 1.23. The lowest BCUT2D eigenvalue weighted by atomic mass is 9.85. The third kappa shape index (κ3) is 4.04. The van der Waals surface area contributed by atoms with Gasteiger partial charge in [-0.15, -0.1) is 0 Å². The molecule has 0 bridgehead atoms. The number of pyridine rings is 1. The highest BCUT2D eigenvalue weighted by Crippen LogP contribution is 2.36. The number of fused-ring (bicyclic) bond motifs is 1. The van der Waals surface area contributed by atoms with E-state index in [0.717, 1.165) is 55.3 Å². The molecule has 2 aromatic rings. The standard InChI is InChI=1S/C25H31N5O2/c1-2-32-20-12-10-18(11-13-20)23(31)30-16-6-14-25(17-30)24(27-19-7-3-4-8-19)28-22-21(29-25)9-5-15-26-22/h5,9-13,15,19,29H,2-4,6-8,14,16-17H2,1H3,(H,26,27,28)/t25-/m1/s1. The van der Waals surface area contributed by atoms with Crippen molar-refractivity contribution in [2.45, 2.75) is 57.0 Å². The minimum atomic E-state index is -0.419. The first kappa shape index (κ1) is 20.8. The topological polar surface area (TPSA) is 78.8 Å². The molecule has 1 saturated heterocycles. The van der Waals surface area contributed by atoms with E-state index in [1.54, 1.807) is 6.20 Å². The SMILES string of the molecule is CCOc1ccc(C(=O)N2CCC[C@]3(C2)Nc2cccnc2NC3=NC2CCCC2)cc1. The van der Waals surface area contributed by atoms with Crippen LogP contribution in [0.3, 0.4) is 0 Å². The number of amidine groups is 1. The summed E-state index contributed by atoms with van der Waals surface area (Å²) < 4.78 is 5.52. The second-order valence-electron chi connectivity index (χ2n) is 8.94. The van der Waals surface area contributed by atoms with Crippen molar-refractivity contribution in [2.75, 3.05) is 30.3 Å². The number of aliphatic imine (C=N–C) groups is 1. The summed E-state index contributed by atoms with van der Waals surface area (Å²) in [7, 11) is 0. The largest absolute Gasteiger partial charge is 0.494 e. The molecular weight excluding hydrogens is 402 g/mol. The molecule has 1 amide bonds. The Hall–Kier alpha value is -3.09. The van der Waals surface area contributed by atoms with Crippen molar-refractivity contribution in [1.82, 2.24) is 9.88 Å². The van der Waals surface area contributed by atoms with Gasteiger partial charge in [0.2, 0.25) is 0 Å². The van der Waals surface area contributed by atoms with E-state index in [-0.39, 0.29) is 5.91 Å². The third-order valence-corrected chi connectivity index (χ3v) is 6.70. The molecule has 0 radical (unpaired) electrons. The number of ether oxygens (including phenoxy) is 1. The lowest BCUT2D eigenvalue weighted by molar-refractivity contribution is 0.0694. The first-order chi connectivity index (χ1) is 15.7. The van der Waals surface area contributed by atoms with Crippen LogP contribution in [0.25, 0.3) is 0 Å². The monoisotopic (exact) mass is 433 g/mol. The van der Waals surface area contributed by atoms with Crippen LogP contribution in [-0.2, 0) is 0 Å². The predicted octanol–water partition coefficient (Wildman–Crippen LogP) is 4.33. The van der Waals surface area contributed by atoms with E-state index in [0.29, 0.717) is 24.8 Å². The van der Waals surface area contributed by atoms with E-state index in [1.165, 1.54) is 12.8 Å². The molecule has 2 aliphatic heterocycles. The van der Waals surface area contributed by atoms with Gasteiger partial charge < -0.3 is 20.3 Å². The van der Waals surface area contributed by atoms with Crippen LogP contribution >= 0.6 is 0 Å². The van der Waals surface area contributed by atoms with Gasteiger partial charge in [-0.25, -0.2) is 4.98 Å². The average molecular weight is 434 g/mol. The normalized spacial score (nSPS) is 24.2. The smallest absolute Gasteiger partial charge is 0.253 e. The second kappa shape index (κ2) is 8.81. The molecule has 7 heteroatoms. The summed E-state index contributed by atoms with van der Waals surface area (Å²) in [5, 5.41) is 7.26. The molecule has 2 fully saturated rings. The summed E-state index contributed by atoms with van der Waals surface area (Å²) in [4.78, 5) is 25.0. The number of carbonyl (C=O) groups is 1. The van der Waals surface area contributed by atoms with Gasteiger partial charge in [0.05, 0.1) is 24.9 Å². The lowest BCUT2D eigenvalue weighted by Crippen LogP contribution is -2.62. The van der Waals surface area contributed by atoms with Crippen LogP contribution in [0, 0.1) is 0 Å². The quantitative estimate of drug-likeness (QED) is 0.750. The van der Waals surface area contributed by atoms with Crippen molar-refractivity contribution in [3.63, 3.8) is 0 Å². The van der Waals surface area contributed by atoms with Gasteiger partial charge in [-0.1, -0.05) is 12.8 Å². The second-order valence-corrected chi connectivity index (χ2v) is 8.94. The number of benzene rings is 1. The molecule has 7 nitrogen and oxygen atoms in total. The third-order valence-electron chi connectivity index (χ3n) is 6.70. The van der Waals surface area contributed by atoms with Gasteiger partial charge in [-0.3, -0.25) is 9.79 Å². The summed E-state index contributed by atoms with van der Waals surface area (Å²) in [6.07, 6.45) is 8.36. The molecule has 3 aliphatic rings. The highest BCUT2D eigenvalue weighted by Gasteiger charge is 2.45. The van der Waals surface area contributed by atoms with Crippen LogP contribution in [0.1, 0.15) is 55.8 Å². The van der Waals surface area contributed by atoms with Crippen LogP contribution in [0.2, 0.25) is 0 Å². The molecule has 3 heterocycles. The Morgan fingerprint density at radius 3 is 2.81 bits per heavy atom. The van der Waals surface area contributed by atoms with Crippen molar-refractivity contribution in [3.8, 4) is 5.75 Å². The van der Waals surface area contributed by atoms with Crippen molar-refractivity contribution in [3.05, 3.63) is 48.2 Å². The first-order valence-corrected chi connectivity index (χ1v) is 11.8. The van der Waals surface area contributed by atoms with Crippen LogP contribution in [0.5, 0.6) is 5.75 Å². The maximum Gasteiger partial charge on any atom is 0.253 e. The van der Waals surface area contributed by atoms with E-state index >= 15 is 0 Å². The Labute approximate surface area is 189 Å². The Morgan fingerprint density at radius 1 is 1.22 bits per heavy atom. The van der Waals surface area contributed by atoms with E-state index in [4.69, 9.17) is 9.73 Å². The number of aromatic nitrogens is 1. The number of hydrogen-bond acceptors (Lipinski definition) is 5. The van der Waals surface area contributed by atoms with E-state index < -0.39 is 5.54 Å². The minimum Gasteiger partial charge on any atom is -0.494 e. The van der Waals surface area contributed by atoms with E-state index in [9.17, 15) is 4.79 Å². The molecule has 1 saturated carbocycles. The fourth-order valence-corrected chi connectivity index (χ4v) is 5.09. The van der Waals surface area contributed by atoms with Gasteiger partial charge >= 0.3 is 0 Å². The zero-order chi connectivity index (χ0) is 22.0. The number of hydrogen-bond donors (Lipinski definition) is 2. The number of rotatable bonds is 4. The van der Waals surface area contributed by atoms with Crippen LogP contribution in [-0.4, -0.2) is 52.9 Å². The zero-order valence-electron chi connectivity index (χ0n) is 18.6. The van der Waals surface area contributed by atoms with Crippen molar-refractivity contribution < 1.29 is 9.53 Å². The Kier molecular flexibility index (Phi) is 5.72. The molecule has 1 aromatic carbocycles. The highest BCUT2D eigenvalue weighted by molar-refractivity contribution is 6.09. The number of nitrogens with one attached hydrogen (secondary N) is 2. The van der Waals surface area contributed by atoms with Crippen molar-refractivity contribution in [1.29, 1.82) is 0 Å². The van der Waals surface area contributed by atoms with E-state index in [2.05, 4.69) is 15.6 Å². The fraction of sp³-hybridized carbons (Fsp3) is 0.480. The number of likely N-dealkylation sites (tertiary alicyclic amines) is 1. The summed E-state index contributed by atoms with van der Waals surface area (Å²) in [6.45, 7) is 3.88. The van der Waals surface area contributed by atoms with Crippen LogP contribution in [0.4, 0.5) is 11.5 Å².